The fourth-order valence-corrected chi connectivity index (χ4v) is 2.35. The van der Waals surface area contributed by atoms with E-state index in [0.717, 1.165) is 13.0 Å². The lowest BCUT2D eigenvalue weighted by molar-refractivity contribution is -0.121. The van der Waals surface area contributed by atoms with Crippen molar-refractivity contribution in [3.8, 4) is 0 Å². The largest absolute Gasteiger partial charge is 0.316 e. The lowest BCUT2D eigenvalue weighted by Gasteiger charge is -2.09. The Morgan fingerprint density at radius 1 is 1.47 bits per heavy atom. The van der Waals surface area contributed by atoms with Gasteiger partial charge in [0.05, 0.1) is 4.47 Å². The highest BCUT2D eigenvalue weighted by atomic mass is 79.9. The molecule has 17 heavy (non-hydrogen) atoms. The second-order valence-corrected chi connectivity index (χ2v) is 5.01. The van der Waals surface area contributed by atoms with E-state index in [9.17, 15) is 13.6 Å². The molecule has 0 radical (unpaired) electrons. The summed E-state index contributed by atoms with van der Waals surface area (Å²) in [5.74, 6) is -1.56. The minimum absolute atomic E-state index is 0.106. The van der Waals surface area contributed by atoms with Gasteiger partial charge in [-0.1, -0.05) is 0 Å². The van der Waals surface area contributed by atoms with Gasteiger partial charge in [0.25, 0.3) is 0 Å². The summed E-state index contributed by atoms with van der Waals surface area (Å²) >= 11 is 2.99. The molecule has 1 aromatic rings. The number of hydrogen-bond donors (Lipinski definition) is 1. The van der Waals surface area contributed by atoms with Gasteiger partial charge in [0.15, 0.2) is 0 Å². The summed E-state index contributed by atoms with van der Waals surface area (Å²) in [7, 11) is 0. The number of carbonyl (C=O) groups is 1. The predicted octanol–water partition coefficient (Wildman–Crippen LogP) is 2.45. The third-order valence-corrected chi connectivity index (χ3v) is 3.62. The number of nitrogens with one attached hydrogen (secondary N) is 1. The Bertz CT molecular complexity index is 444. The van der Waals surface area contributed by atoms with Crippen LogP contribution in [0.15, 0.2) is 16.6 Å². The molecular formula is C12H12BrF2NO. The Hall–Kier alpha value is -0.810. The first-order chi connectivity index (χ1) is 8.09. The standard InChI is InChI=1S/C12H12BrF2NO/c13-9-1-2-10(14)8(12(9)15)5-11(17)7-3-4-16-6-7/h1-2,7,16H,3-6H2. The van der Waals surface area contributed by atoms with Crippen LogP contribution in [0.3, 0.4) is 0 Å². The molecule has 1 aliphatic rings. The third kappa shape index (κ3) is 2.72. The number of rotatable bonds is 3. The van der Waals surface area contributed by atoms with E-state index in [-0.39, 0.29) is 28.2 Å². The second kappa shape index (κ2) is 5.23. The Morgan fingerprint density at radius 2 is 2.24 bits per heavy atom. The van der Waals surface area contributed by atoms with E-state index in [1.807, 2.05) is 0 Å². The summed E-state index contributed by atoms with van der Waals surface area (Å²) in [5.41, 5.74) is -0.142. The van der Waals surface area contributed by atoms with Gasteiger partial charge in [-0.25, -0.2) is 8.78 Å². The first-order valence-corrected chi connectivity index (χ1v) is 6.24. The monoisotopic (exact) mass is 303 g/mol. The summed E-state index contributed by atoms with van der Waals surface area (Å²) in [6.07, 6.45) is 0.569. The molecule has 0 saturated carbocycles. The van der Waals surface area contributed by atoms with Gasteiger partial charge in [0, 0.05) is 24.4 Å². The summed E-state index contributed by atoms with van der Waals surface area (Å²) in [5, 5.41) is 3.06. The molecule has 2 rings (SSSR count). The Balaban J connectivity index is 2.17. The van der Waals surface area contributed by atoms with Crippen LogP contribution in [0.2, 0.25) is 0 Å². The smallest absolute Gasteiger partial charge is 0.143 e. The lowest BCUT2D eigenvalue weighted by atomic mass is 9.97. The number of benzene rings is 1. The zero-order valence-electron chi connectivity index (χ0n) is 9.10. The molecule has 0 bridgehead atoms. The molecule has 0 aliphatic carbocycles. The predicted molar refractivity (Wildman–Crippen MR) is 63.7 cm³/mol. The van der Waals surface area contributed by atoms with E-state index in [1.54, 1.807) is 0 Å². The molecule has 1 aliphatic heterocycles. The van der Waals surface area contributed by atoms with Gasteiger partial charge >= 0.3 is 0 Å². The molecule has 1 heterocycles. The molecule has 5 heteroatoms. The minimum Gasteiger partial charge on any atom is -0.316 e. The van der Waals surface area contributed by atoms with Crippen LogP contribution in [0.5, 0.6) is 0 Å². The number of Topliss-reactive ketones (excluding diaryl/α,β-unsaturated/α-hetero) is 1. The third-order valence-electron chi connectivity index (χ3n) is 3.01. The van der Waals surface area contributed by atoms with Crippen LogP contribution in [-0.4, -0.2) is 18.9 Å². The number of ketones is 1. The van der Waals surface area contributed by atoms with Gasteiger partial charge in [-0.2, -0.15) is 0 Å². The first kappa shape index (κ1) is 12.6. The van der Waals surface area contributed by atoms with E-state index in [1.165, 1.54) is 12.1 Å². The summed E-state index contributed by atoms with van der Waals surface area (Å²) in [6, 6.07) is 2.47. The number of carbonyl (C=O) groups excluding carboxylic acids is 1. The van der Waals surface area contributed by atoms with Crippen LogP contribution in [0.25, 0.3) is 0 Å². The molecule has 2 nitrogen and oxygen atoms in total. The van der Waals surface area contributed by atoms with E-state index < -0.39 is 11.6 Å². The van der Waals surface area contributed by atoms with Crippen molar-refractivity contribution in [2.75, 3.05) is 13.1 Å². The summed E-state index contributed by atoms with van der Waals surface area (Å²) in [6.45, 7) is 1.40. The molecule has 92 valence electrons. The van der Waals surface area contributed by atoms with Crippen LogP contribution in [0.4, 0.5) is 8.78 Å². The van der Waals surface area contributed by atoms with Crippen LogP contribution in [-0.2, 0) is 11.2 Å². The van der Waals surface area contributed by atoms with Crippen LogP contribution < -0.4 is 5.32 Å². The average molecular weight is 304 g/mol. The maximum absolute atomic E-state index is 13.7. The topological polar surface area (TPSA) is 29.1 Å². The Kier molecular flexibility index (Phi) is 3.89. The molecule has 1 aromatic carbocycles. The van der Waals surface area contributed by atoms with Crippen molar-refractivity contribution in [3.05, 3.63) is 33.8 Å². The van der Waals surface area contributed by atoms with E-state index in [0.29, 0.717) is 6.54 Å². The van der Waals surface area contributed by atoms with Gasteiger partial charge in [-0.05, 0) is 41.0 Å². The normalized spacial score (nSPS) is 19.6. The highest BCUT2D eigenvalue weighted by Crippen LogP contribution is 2.23. The Morgan fingerprint density at radius 3 is 2.88 bits per heavy atom. The van der Waals surface area contributed by atoms with E-state index in [2.05, 4.69) is 21.2 Å². The number of halogens is 3. The molecule has 0 aromatic heterocycles. The summed E-state index contributed by atoms with van der Waals surface area (Å²) < 4.78 is 27.3. The zero-order valence-corrected chi connectivity index (χ0v) is 10.7. The Labute approximate surface area is 107 Å². The van der Waals surface area contributed by atoms with E-state index in [4.69, 9.17) is 0 Å². The molecule has 0 spiro atoms. The van der Waals surface area contributed by atoms with Gasteiger partial charge in [-0.3, -0.25) is 4.79 Å². The van der Waals surface area contributed by atoms with Crippen molar-refractivity contribution in [2.24, 2.45) is 5.92 Å². The maximum Gasteiger partial charge on any atom is 0.143 e. The van der Waals surface area contributed by atoms with Crippen molar-refractivity contribution < 1.29 is 13.6 Å². The van der Waals surface area contributed by atoms with Crippen LogP contribution in [0, 0.1) is 17.6 Å². The molecule has 1 fully saturated rings. The highest BCUT2D eigenvalue weighted by Gasteiger charge is 2.25. The second-order valence-electron chi connectivity index (χ2n) is 4.15. The fraction of sp³-hybridized carbons (Fsp3) is 0.417. The lowest BCUT2D eigenvalue weighted by Crippen LogP contribution is -2.20. The maximum atomic E-state index is 13.7. The van der Waals surface area contributed by atoms with Crippen LogP contribution >= 0.6 is 15.9 Å². The van der Waals surface area contributed by atoms with Gasteiger partial charge in [0.2, 0.25) is 0 Å². The molecule has 1 saturated heterocycles. The van der Waals surface area contributed by atoms with Crippen LogP contribution in [0.1, 0.15) is 12.0 Å². The molecule has 1 atom stereocenters. The van der Waals surface area contributed by atoms with Crippen molar-refractivity contribution in [3.63, 3.8) is 0 Å². The highest BCUT2D eigenvalue weighted by molar-refractivity contribution is 9.10. The van der Waals surface area contributed by atoms with Gasteiger partial charge < -0.3 is 5.32 Å². The number of hydrogen-bond acceptors (Lipinski definition) is 2. The van der Waals surface area contributed by atoms with Gasteiger partial charge in [0.1, 0.15) is 17.4 Å². The zero-order chi connectivity index (χ0) is 12.4. The van der Waals surface area contributed by atoms with Crippen molar-refractivity contribution in [2.45, 2.75) is 12.8 Å². The minimum atomic E-state index is -0.677. The summed E-state index contributed by atoms with van der Waals surface area (Å²) in [4.78, 5) is 11.8. The molecule has 0 amide bonds. The fourth-order valence-electron chi connectivity index (χ4n) is 1.98. The first-order valence-electron chi connectivity index (χ1n) is 5.45. The van der Waals surface area contributed by atoms with Gasteiger partial charge in [-0.15, -0.1) is 0 Å². The molecule has 1 N–H and O–H groups in total. The SMILES string of the molecule is O=C(Cc1c(F)ccc(Br)c1F)C1CCNC1. The average Bonchev–Trinajstić information content (AvgIpc) is 2.83. The molecular weight excluding hydrogens is 292 g/mol. The van der Waals surface area contributed by atoms with Crippen molar-refractivity contribution >= 4 is 21.7 Å². The van der Waals surface area contributed by atoms with Crippen molar-refractivity contribution in [1.82, 2.24) is 5.32 Å². The quantitative estimate of drug-likeness (QED) is 0.869. The van der Waals surface area contributed by atoms with E-state index >= 15 is 0 Å². The van der Waals surface area contributed by atoms with Crippen molar-refractivity contribution in [1.29, 1.82) is 0 Å². The molecule has 1 unspecified atom stereocenters.